The van der Waals surface area contributed by atoms with Crippen LogP contribution in [-0.2, 0) is 62.1 Å². The van der Waals surface area contributed by atoms with Gasteiger partial charge in [0.25, 0.3) is 0 Å². The summed E-state index contributed by atoms with van der Waals surface area (Å²) in [5, 5.41) is 106. The number of amides is 3. The van der Waals surface area contributed by atoms with Crippen molar-refractivity contribution in [1.29, 1.82) is 0 Å². The van der Waals surface area contributed by atoms with Crippen LogP contribution in [0.25, 0.3) is 0 Å². The predicted molar refractivity (Wildman–Crippen MR) is 184 cm³/mol. The molecule has 0 bridgehead atoms. The standard InChI is InChI=1S/C31H54N4O23S/c1-9(39)33-16-22(44)27(15(52-28(16)47)8-51-59(48,49)50)58-31-19(35-11(3)41)24(46)26(14(7-38)55-31)57-30-18(34-10(2)40)23(45)25(13(6-37)54-30)56-29-17(32-4)21(43)20(42)12(5-36)53-29/h12-32,36-38,42-47H,5-8H2,1-4H3,(H,33,39)(H,34,40)(H,35,41)(H,48,49,50)/p-1/t12-,13-,14-,15-,16-,17-,18-,19-,20-,21-,22?,23?,24-,25-,26-,27-,28-,29+,30+,31+/m1/s1. The Balaban J connectivity index is 1.62. The second kappa shape index (κ2) is 21.1. The molecular weight excluding hydrogens is 828 g/mol. The summed E-state index contributed by atoms with van der Waals surface area (Å²) in [7, 11) is -3.98. The van der Waals surface area contributed by atoms with Gasteiger partial charge in [-0.1, -0.05) is 0 Å². The fraction of sp³-hybridized carbons (Fsp3) is 0.903. The van der Waals surface area contributed by atoms with Crippen LogP contribution in [0.2, 0.25) is 0 Å². The highest BCUT2D eigenvalue weighted by molar-refractivity contribution is 7.80. The van der Waals surface area contributed by atoms with Crippen LogP contribution in [0, 0.1) is 0 Å². The molecule has 28 heteroatoms. The van der Waals surface area contributed by atoms with E-state index in [1.165, 1.54) is 7.05 Å². The van der Waals surface area contributed by atoms with E-state index < -0.39 is 177 Å². The molecule has 4 fully saturated rings. The quantitative estimate of drug-likeness (QED) is 0.0505. The Kier molecular flexibility index (Phi) is 17.6. The summed E-state index contributed by atoms with van der Waals surface area (Å²) in [6.45, 7) is -0.664. The Bertz CT molecular complexity index is 1520. The van der Waals surface area contributed by atoms with Crippen molar-refractivity contribution < 1.29 is 111 Å². The summed E-state index contributed by atoms with van der Waals surface area (Å²) in [5.74, 6) is -2.33. The summed E-state index contributed by atoms with van der Waals surface area (Å²) in [6, 6.07) is -6.11. The first-order valence-electron chi connectivity index (χ1n) is 18.2. The Morgan fingerprint density at radius 1 is 0.559 bits per heavy atom. The minimum absolute atomic E-state index is 0.744. The second-order valence-electron chi connectivity index (χ2n) is 14.2. The first-order chi connectivity index (χ1) is 27.6. The lowest BCUT2D eigenvalue weighted by Crippen LogP contribution is -2.71. The van der Waals surface area contributed by atoms with E-state index in [0.717, 1.165) is 20.8 Å². The van der Waals surface area contributed by atoms with E-state index in [4.69, 9.17) is 33.2 Å². The lowest BCUT2D eigenvalue weighted by atomic mass is 9.93. The zero-order valence-electron chi connectivity index (χ0n) is 32.0. The molecule has 0 aromatic heterocycles. The molecule has 0 saturated carbocycles. The number of rotatable bonds is 16. The van der Waals surface area contributed by atoms with Gasteiger partial charge in [0.15, 0.2) is 25.2 Å². The van der Waals surface area contributed by atoms with E-state index in [0.29, 0.717) is 0 Å². The molecule has 0 radical (unpaired) electrons. The van der Waals surface area contributed by atoms with Crippen LogP contribution in [0.1, 0.15) is 20.8 Å². The van der Waals surface area contributed by atoms with Crippen molar-refractivity contribution in [3.05, 3.63) is 0 Å². The smallest absolute Gasteiger partial charge is 0.217 e. The van der Waals surface area contributed by atoms with E-state index in [1.54, 1.807) is 0 Å². The topological polar surface area (TPSA) is 412 Å². The van der Waals surface area contributed by atoms with Crippen molar-refractivity contribution in [3.63, 3.8) is 0 Å². The van der Waals surface area contributed by atoms with Gasteiger partial charge in [-0.25, -0.2) is 8.42 Å². The number of hydrogen-bond donors (Lipinski definition) is 13. The molecule has 20 atom stereocenters. The molecule has 3 amide bonds. The molecule has 0 aromatic carbocycles. The summed E-state index contributed by atoms with van der Waals surface area (Å²) < 4.78 is 78.5. The summed E-state index contributed by atoms with van der Waals surface area (Å²) in [4.78, 5) is 36.6. The van der Waals surface area contributed by atoms with Crippen molar-refractivity contribution in [2.45, 2.75) is 143 Å². The molecule has 59 heavy (non-hydrogen) atoms. The number of carbonyl (C=O) groups is 3. The van der Waals surface area contributed by atoms with Gasteiger partial charge in [0.2, 0.25) is 28.1 Å². The van der Waals surface area contributed by atoms with Crippen LogP contribution in [0.15, 0.2) is 0 Å². The van der Waals surface area contributed by atoms with Gasteiger partial charge < -0.3 is 105 Å². The molecule has 2 unspecified atom stereocenters. The van der Waals surface area contributed by atoms with Crippen LogP contribution < -0.4 is 21.3 Å². The van der Waals surface area contributed by atoms with E-state index in [2.05, 4.69) is 25.5 Å². The molecule has 4 saturated heterocycles. The molecular formula is C31H53N4O23S-. The van der Waals surface area contributed by atoms with Crippen molar-refractivity contribution in [2.75, 3.05) is 33.5 Å². The van der Waals surface area contributed by atoms with Crippen molar-refractivity contribution in [2.24, 2.45) is 0 Å². The average Bonchev–Trinajstić information content (AvgIpc) is 3.15. The van der Waals surface area contributed by atoms with Crippen LogP contribution in [-0.4, -0.2) is 233 Å². The molecule has 0 aromatic rings. The Hall–Kier alpha value is -2.40. The van der Waals surface area contributed by atoms with Crippen molar-refractivity contribution >= 4 is 28.1 Å². The molecule has 4 rings (SSSR count). The number of ether oxygens (including phenoxy) is 7. The van der Waals surface area contributed by atoms with E-state index in [1.807, 2.05) is 0 Å². The molecule has 13 N–H and O–H groups in total. The molecule has 27 nitrogen and oxygen atoms in total. The Labute approximate surface area is 336 Å². The lowest BCUT2D eigenvalue weighted by Gasteiger charge is -2.51. The van der Waals surface area contributed by atoms with Crippen molar-refractivity contribution in [1.82, 2.24) is 21.3 Å². The number of aliphatic hydroxyl groups is 9. The summed E-state index contributed by atoms with van der Waals surface area (Å²) >= 11 is 0. The van der Waals surface area contributed by atoms with Gasteiger partial charge in [0, 0.05) is 20.8 Å². The third-order valence-electron chi connectivity index (χ3n) is 9.97. The second-order valence-corrected chi connectivity index (χ2v) is 15.2. The van der Waals surface area contributed by atoms with E-state index >= 15 is 0 Å². The minimum Gasteiger partial charge on any atom is -0.726 e. The highest BCUT2D eigenvalue weighted by atomic mass is 32.3. The monoisotopic (exact) mass is 881 g/mol. The highest BCUT2D eigenvalue weighted by Gasteiger charge is 2.56. The molecule has 4 heterocycles. The van der Waals surface area contributed by atoms with Crippen LogP contribution >= 0.6 is 0 Å². The van der Waals surface area contributed by atoms with Crippen molar-refractivity contribution in [3.8, 4) is 0 Å². The minimum atomic E-state index is -5.37. The van der Waals surface area contributed by atoms with E-state index in [9.17, 15) is 73.3 Å². The van der Waals surface area contributed by atoms with Gasteiger partial charge in [-0.05, 0) is 7.05 Å². The molecule has 342 valence electrons. The first-order valence-corrected chi connectivity index (χ1v) is 19.6. The Morgan fingerprint density at radius 2 is 0.932 bits per heavy atom. The molecule has 4 aliphatic rings. The maximum absolute atomic E-state index is 12.4. The fourth-order valence-electron chi connectivity index (χ4n) is 7.23. The zero-order valence-corrected chi connectivity index (χ0v) is 32.8. The SMILES string of the molecule is CN[C@H]1[C@H](O[C@H]2C(O)[C@@H](NC(C)=O)[C@H](O[C@H]3[C@H](O)[C@@H](NC(C)=O)[C@H](O[C@H]4C(O)[C@@H](NC(C)=O)[C@H](O)O[C@@H]4COS(=O)(=O)[O-])O[C@@H]3CO)O[C@@H]2CO)O[C@H](CO)[C@@H](O)[C@@H]1O. The molecule has 4 aliphatic heterocycles. The average molecular weight is 882 g/mol. The van der Waals surface area contributed by atoms with Crippen LogP contribution in [0.3, 0.4) is 0 Å². The first kappa shape index (κ1) is 49.3. The molecule has 0 spiro atoms. The number of hydrogen-bond acceptors (Lipinski definition) is 24. The third kappa shape index (κ3) is 12.0. The number of nitrogens with one attached hydrogen (secondary N) is 4. The van der Waals surface area contributed by atoms with Gasteiger partial charge in [0.05, 0.1) is 32.5 Å². The lowest BCUT2D eigenvalue weighted by molar-refractivity contribution is -0.361. The number of carbonyl (C=O) groups excluding carboxylic acids is 3. The predicted octanol–water partition coefficient (Wildman–Crippen LogP) is -9.61. The van der Waals surface area contributed by atoms with Gasteiger partial charge in [0.1, 0.15) is 91.4 Å². The molecule has 0 aliphatic carbocycles. The third-order valence-corrected chi connectivity index (χ3v) is 10.4. The van der Waals surface area contributed by atoms with Gasteiger partial charge in [-0.2, -0.15) is 0 Å². The van der Waals surface area contributed by atoms with Gasteiger partial charge in [-0.3, -0.25) is 18.6 Å². The number of likely N-dealkylation sites (N-methyl/N-ethyl adjacent to an activating group) is 1. The largest absolute Gasteiger partial charge is 0.726 e. The summed E-state index contributed by atoms with van der Waals surface area (Å²) in [5.41, 5.74) is 0. The zero-order chi connectivity index (χ0) is 44.1. The number of aliphatic hydroxyl groups excluding tert-OH is 9. The maximum atomic E-state index is 12.4. The van der Waals surface area contributed by atoms with Gasteiger partial charge in [-0.15, -0.1) is 0 Å². The van der Waals surface area contributed by atoms with Crippen LogP contribution in [0.4, 0.5) is 0 Å². The van der Waals surface area contributed by atoms with Gasteiger partial charge >= 0.3 is 0 Å². The Morgan fingerprint density at radius 3 is 1.32 bits per heavy atom. The highest BCUT2D eigenvalue weighted by Crippen LogP contribution is 2.34. The summed E-state index contributed by atoms with van der Waals surface area (Å²) in [6.07, 6.45) is -27.6. The van der Waals surface area contributed by atoms with E-state index in [-0.39, 0.29) is 0 Å². The van der Waals surface area contributed by atoms with Crippen LogP contribution in [0.5, 0.6) is 0 Å². The maximum Gasteiger partial charge on any atom is 0.217 e. The fourth-order valence-corrected chi connectivity index (χ4v) is 7.53. The normalized spacial score (nSPS) is 43.1.